The van der Waals surface area contributed by atoms with Crippen molar-refractivity contribution < 1.29 is 33.4 Å². The second-order valence-electron chi connectivity index (χ2n) is 6.45. The van der Waals surface area contributed by atoms with Gasteiger partial charge in [-0.2, -0.15) is 0 Å². The molecule has 0 saturated heterocycles. The molecule has 0 spiro atoms. The lowest BCUT2D eigenvalue weighted by Crippen LogP contribution is -1.96. The summed E-state index contributed by atoms with van der Waals surface area (Å²) in [5.74, 6) is -1.84. The predicted molar refractivity (Wildman–Crippen MR) is 97.9 cm³/mol. The quantitative estimate of drug-likeness (QED) is 0.499. The third kappa shape index (κ3) is 2.76. The third-order valence-corrected chi connectivity index (χ3v) is 4.66. The number of esters is 4. The van der Waals surface area contributed by atoms with Gasteiger partial charge < -0.3 is 14.2 Å². The van der Waals surface area contributed by atoms with E-state index in [1.807, 2.05) is 6.07 Å². The average molecular weight is 386 g/mol. The van der Waals surface area contributed by atoms with Crippen LogP contribution in [0.25, 0.3) is 11.1 Å². The first-order chi connectivity index (χ1) is 14.0. The highest BCUT2D eigenvalue weighted by Crippen LogP contribution is 2.32. The minimum atomic E-state index is -0.705. The largest absolute Gasteiger partial charge is 0.457 e. The van der Waals surface area contributed by atoms with E-state index in [1.54, 1.807) is 42.5 Å². The zero-order valence-electron chi connectivity index (χ0n) is 14.6. The molecule has 29 heavy (non-hydrogen) atoms. The van der Waals surface area contributed by atoms with Gasteiger partial charge in [0.25, 0.3) is 0 Å². The molecule has 0 unspecified atom stereocenters. The lowest BCUT2D eigenvalue weighted by atomic mass is 10.00. The van der Waals surface area contributed by atoms with Crippen molar-refractivity contribution in [2.45, 2.75) is 0 Å². The summed E-state index contributed by atoms with van der Waals surface area (Å²) in [4.78, 5) is 46.6. The molecule has 0 amide bonds. The molecule has 0 atom stereocenters. The van der Waals surface area contributed by atoms with Gasteiger partial charge in [-0.05, 0) is 53.6 Å². The fraction of sp³-hybridized carbons (Fsp3) is 0. The van der Waals surface area contributed by atoms with Crippen molar-refractivity contribution in [1.29, 1.82) is 0 Å². The standard InChI is InChI=1S/C22H10O7/c23-19-15-6-4-12(9-17(15)21(25)28-19)11-2-1-3-13(8-11)27-14-5-7-16-18(10-14)22(26)29-20(16)24/h1-10H. The molecule has 0 radical (unpaired) electrons. The lowest BCUT2D eigenvalue weighted by Gasteiger charge is -2.09. The molecule has 2 aliphatic heterocycles. The summed E-state index contributed by atoms with van der Waals surface area (Å²) in [6.45, 7) is 0. The van der Waals surface area contributed by atoms with Crippen LogP contribution in [0.3, 0.4) is 0 Å². The van der Waals surface area contributed by atoms with Crippen LogP contribution in [0.5, 0.6) is 11.5 Å². The highest BCUT2D eigenvalue weighted by molar-refractivity contribution is 6.15. The van der Waals surface area contributed by atoms with E-state index in [0.717, 1.165) is 5.56 Å². The van der Waals surface area contributed by atoms with Crippen molar-refractivity contribution in [3.05, 3.63) is 82.9 Å². The molecule has 3 aromatic rings. The van der Waals surface area contributed by atoms with Gasteiger partial charge >= 0.3 is 23.9 Å². The Kier molecular flexibility index (Phi) is 3.57. The van der Waals surface area contributed by atoms with Crippen LogP contribution in [0.1, 0.15) is 41.4 Å². The minimum Gasteiger partial charge on any atom is -0.457 e. The number of benzene rings is 3. The Bertz CT molecular complexity index is 1260. The Morgan fingerprint density at radius 1 is 0.517 bits per heavy atom. The number of hydrogen-bond donors (Lipinski definition) is 0. The van der Waals surface area contributed by atoms with E-state index < -0.39 is 23.9 Å². The maximum atomic E-state index is 11.8. The number of cyclic esters (lactones) is 4. The molecule has 140 valence electrons. The molecule has 5 rings (SSSR count). The SMILES string of the molecule is O=C1OC(=O)c2cc(Oc3cccc(-c4ccc5c(c4)C(=O)OC5=O)c3)ccc21. The molecule has 0 saturated carbocycles. The normalized spacial score (nSPS) is 14.3. The number of carbonyl (C=O) groups excluding carboxylic acids is 4. The first-order valence-corrected chi connectivity index (χ1v) is 8.59. The number of hydrogen-bond acceptors (Lipinski definition) is 7. The van der Waals surface area contributed by atoms with Crippen LogP contribution in [0.2, 0.25) is 0 Å². The van der Waals surface area contributed by atoms with Gasteiger partial charge in [0.15, 0.2) is 0 Å². The second kappa shape index (κ2) is 6.13. The van der Waals surface area contributed by atoms with Gasteiger partial charge in [0, 0.05) is 0 Å². The molecule has 7 heteroatoms. The van der Waals surface area contributed by atoms with E-state index in [0.29, 0.717) is 17.1 Å². The molecular formula is C22H10O7. The lowest BCUT2D eigenvalue weighted by molar-refractivity contribution is 0.0425. The van der Waals surface area contributed by atoms with E-state index in [1.165, 1.54) is 12.1 Å². The van der Waals surface area contributed by atoms with Crippen molar-refractivity contribution in [2.75, 3.05) is 0 Å². The molecule has 0 aliphatic carbocycles. The van der Waals surface area contributed by atoms with Crippen LogP contribution in [-0.4, -0.2) is 23.9 Å². The van der Waals surface area contributed by atoms with Crippen molar-refractivity contribution in [3.63, 3.8) is 0 Å². The number of carbonyl (C=O) groups is 4. The zero-order valence-corrected chi connectivity index (χ0v) is 14.6. The monoisotopic (exact) mass is 386 g/mol. The summed E-state index contributed by atoms with van der Waals surface area (Å²) in [6.07, 6.45) is 0. The van der Waals surface area contributed by atoms with Gasteiger partial charge in [0.2, 0.25) is 0 Å². The van der Waals surface area contributed by atoms with Crippen LogP contribution >= 0.6 is 0 Å². The molecule has 0 bridgehead atoms. The van der Waals surface area contributed by atoms with Gasteiger partial charge in [0.1, 0.15) is 11.5 Å². The number of fused-ring (bicyclic) bond motifs is 2. The summed E-state index contributed by atoms with van der Waals surface area (Å²) < 4.78 is 15.0. The summed E-state index contributed by atoms with van der Waals surface area (Å²) in [5, 5.41) is 0. The molecule has 0 N–H and O–H groups in total. The zero-order chi connectivity index (χ0) is 20.1. The van der Waals surface area contributed by atoms with E-state index >= 15 is 0 Å². The van der Waals surface area contributed by atoms with E-state index in [4.69, 9.17) is 4.74 Å². The second-order valence-corrected chi connectivity index (χ2v) is 6.45. The summed E-state index contributed by atoms with van der Waals surface area (Å²) >= 11 is 0. The highest BCUT2D eigenvalue weighted by Gasteiger charge is 2.30. The molecule has 0 fully saturated rings. The Morgan fingerprint density at radius 2 is 1.07 bits per heavy atom. The van der Waals surface area contributed by atoms with Gasteiger partial charge in [0.05, 0.1) is 22.3 Å². The van der Waals surface area contributed by atoms with E-state index in [-0.39, 0.29) is 22.3 Å². The number of ether oxygens (including phenoxy) is 3. The van der Waals surface area contributed by atoms with Gasteiger partial charge in [-0.3, -0.25) is 0 Å². The molecule has 3 aromatic carbocycles. The maximum Gasteiger partial charge on any atom is 0.347 e. The molecule has 0 aromatic heterocycles. The first-order valence-electron chi connectivity index (χ1n) is 8.59. The van der Waals surface area contributed by atoms with Crippen LogP contribution in [0.4, 0.5) is 0 Å². The third-order valence-electron chi connectivity index (χ3n) is 4.66. The van der Waals surface area contributed by atoms with Crippen molar-refractivity contribution in [1.82, 2.24) is 0 Å². The van der Waals surface area contributed by atoms with Crippen LogP contribution < -0.4 is 4.74 Å². The van der Waals surface area contributed by atoms with Crippen molar-refractivity contribution >= 4 is 23.9 Å². The smallest absolute Gasteiger partial charge is 0.347 e. The van der Waals surface area contributed by atoms with Crippen molar-refractivity contribution in [3.8, 4) is 22.6 Å². The van der Waals surface area contributed by atoms with Crippen molar-refractivity contribution in [2.24, 2.45) is 0 Å². The predicted octanol–water partition coefficient (Wildman–Crippen LogP) is 3.77. The topological polar surface area (TPSA) is 96.0 Å². The van der Waals surface area contributed by atoms with Gasteiger partial charge in [-0.25, -0.2) is 19.2 Å². The molecule has 7 nitrogen and oxygen atoms in total. The van der Waals surface area contributed by atoms with E-state index in [9.17, 15) is 19.2 Å². The fourth-order valence-corrected chi connectivity index (χ4v) is 3.27. The Morgan fingerprint density at radius 3 is 1.79 bits per heavy atom. The maximum absolute atomic E-state index is 11.8. The Hall–Kier alpha value is -4.26. The molecular weight excluding hydrogens is 376 g/mol. The van der Waals surface area contributed by atoms with Crippen LogP contribution in [0.15, 0.2) is 60.7 Å². The fourth-order valence-electron chi connectivity index (χ4n) is 3.27. The Labute approximate surface area is 163 Å². The molecule has 2 aliphatic rings. The van der Waals surface area contributed by atoms with Gasteiger partial charge in [-0.15, -0.1) is 0 Å². The van der Waals surface area contributed by atoms with E-state index in [2.05, 4.69) is 9.47 Å². The molecule has 2 heterocycles. The summed E-state index contributed by atoms with van der Waals surface area (Å²) in [6, 6.07) is 16.4. The highest BCUT2D eigenvalue weighted by atomic mass is 16.6. The number of rotatable bonds is 3. The average Bonchev–Trinajstić information content (AvgIpc) is 3.16. The first kappa shape index (κ1) is 16.9. The van der Waals surface area contributed by atoms with Crippen LogP contribution in [-0.2, 0) is 9.47 Å². The Balaban J connectivity index is 1.46. The summed E-state index contributed by atoms with van der Waals surface area (Å²) in [5.41, 5.74) is 2.30. The minimum absolute atomic E-state index is 0.158. The van der Waals surface area contributed by atoms with Gasteiger partial charge in [-0.1, -0.05) is 18.2 Å². The van der Waals surface area contributed by atoms with Crippen LogP contribution in [0, 0.1) is 0 Å². The summed E-state index contributed by atoms with van der Waals surface area (Å²) in [7, 11) is 0.